The molecule has 0 fully saturated rings. The Labute approximate surface area is 123 Å². The molecule has 2 rings (SSSR count). The first kappa shape index (κ1) is 15.3. The zero-order valence-corrected chi connectivity index (χ0v) is 11.1. The van der Waals surface area contributed by atoms with Crippen LogP contribution in [0.3, 0.4) is 0 Å². The fourth-order valence-corrected chi connectivity index (χ4v) is 1.55. The molecule has 1 aromatic heterocycles. The van der Waals surface area contributed by atoms with E-state index in [4.69, 9.17) is 5.73 Å². The molecule has 22 heavy (non-hydrogen) atoms. The van der Waals surface area contributed by atoms with Crippen LogP contribution in [0.1, 0.15) is 10.5 Å². The van der Waals surface area contributed by atoms with Crippen molar-refractivity contribution in [1.29, 1.82) is 0 Å². The molecule has 0 radical (unpaired) electrons. The zero-order chi connectivity index (χ0) is 16.1. The molecule has 0 saturated heterocycles. The maximum atomic E-state index is 13.0. The third-order valence-corrected chi connectivity index (χ3v) is 2.55. The predicted octanol–water partition coefficient (Wildman–Crippen LogP) is 0.705. The summed E-state index contributed by atoms with van der Waals surface area (Å²) in [7, 11) is 0. The molecular weight excluding hydrogens is 296 g/mol. The van der Waals surface area contributed by atoms with E-state index >= 15 is 0 Å². The summed E-state index contributed by atoms with van der Waals surface area (Å²) in [6.07, 6.45) is 2.61. The number of hydrogen-bond acceptors (Lipinski definition) is 5. The molecular formula is C13H11F2N5O2. The monoisotopic (exact) mass is 307 g/mol. The molecule has 0 aliphatic rings. The van der Waals surface area contributed by atoms with Gasteiger partial charge in [0.2, 0.25) is 5.91 Å². The molecule has 0 saturated carbocycles. The van der Waals surface area contributed by atoms with Gasteiger partial charge in [-0.2, -0.15) is 0 Å². The standard InChI is InChI=1S/C13H11F2N5O2/c14-8-2-1-7(5-9(8)15)20-10(21)6-19-13(22)11-12(16)18-4-3-17-11/h1-5H,6H2,(H2,16,18)(H,19,22)(H,20,21). The Balaban J connectivity index is 1.91. The molecule has 1 heterocycles. The Hall–Kier alpha value is -3.10. The van der Waals surface area contributed by atoms with Crippen molar-refractivity contribution in [3.8, 4) is 0 Å². The number of nitrogens with zero attached hydrogens (tertiary/aromatic N) is 2. The Morgan fingerprint density at radius 1 is 1.14 bits per heavy atom. The third kappa shape index (κ3) is 3.72. The van der Waals surface area contributed by atoms with E-state index < -0.39 is 30.0 Å². The second-order valence-electron chi connectivity index (χ2n) is 4.15. The van der Waals surface area contributed by atoms with E-state index in [2.05, 4.69) is 20.6 Å². The highest BCUT2D eigenvalue weighted by atomic mass is 19.2. The van der Waals surface area contributed by atoms with Gasteiger partial charge in [-0.15, -0.1) is 0 Å². The molecule has 2 amide bonds. The summed E-state index contributed by atoms with van der Waals surface area (Å²) < 4.78 is 25.7. The van der Waals surface area contributed by atoms with Gasteiger partial charge in [0.1, 0.15) is 0 Å². The van der Waals surface area contributed by atoms with Crippen LogP contribution in [-0.2, 0) is 4.79 Å². The lowest BCUT2D eigenvalue weighted by atomic mass is 10.3. The number of benzene rings is 1. The van der Waals surface area contributed by atoms with E-state index in [9.17, 15) is 18.4 Å². The van der Waals surface area contributed by atoms with Gasteiger partial charge < -0.3 is 16.4 Å². The zero-order valence-electron chi connectivity index (χ0n) is 11.1. The molecule has 1 aromatic carbocycles. The smallest absolute Gasteiger partial charge is 0.274 e. The van der Waals surface area contributed by atoms with Crippen LogP contribution in [-0.4, -0.2) is 28.3 Å². The van der Waals surface area contributed by atoms with E-state index in [1.165, 1.54) is 18.5 Å². The molecule has 0 unspecified atom stereocenters. The van der Waals surface area contributed by atoms with Gasteiger partial charge in [0.25, 0.3) is 5.91 Å². The summed E-state index contributed by atoms with van der Waals surface area (Å²) in [6, 6.07) is 2.90. The Kier molecular flexibility index (Phi) is 4.57. The SMILES string of the molecule is Nc1nccnc1C(=O)NCC(=O)Nc1ccc(F)c(F)c1. The van der Waals surface area contributed by atoms with Gasteiger partial charge in [0, 0.05) is 24.1 Å². The first-order chi connectivity index (χ1) is 10.5. The number of nitrogens with two attached hydrogens (primary N) is 1. The van der Waals surface area contributed by atoms with Crippen LogP contribution in [0, 0.1) is 11.6 Å². The number of amides is 2. The number of hydrogen-bond donors (Lipinski definition) is 3. The van der Waals surface area contributed by atoms with Crippen molar-refractivity contribution < 1.29 is 18.4 Å². The van der Waals surface area contributed by atoms with Gasteiger partial charge in [-0.1, -0.05) is 0 Å². The topological polar surface area (TPSA) is 110 Å². The van der Waals surface area contributed by atoms with Crippen LogP contribution < -0.4 is 16.4 Å². The Bertz CT molecular complexity index is 723. The van der Waals surface area contributed by atoms with Gasteiger partial charge in [0.15, 0.2) is 23.1 Å². The van der Waals surface area contributed by atoms with Crippen molar-refractivity contribution in [2.75, 3.05) is 17.6 Å². The van der Waals surface area contributed by atoms with Gasteiger partial charge in [0.05, 0.1) is 6.54 Å². The van der Waals surface area contributed by atoms with Crippen molar-refractivity contribution in [2.45, 2.75) is 0 Å². The molecule has 0 bridgehead atoms. The molecule has 9 heteroatoms. The molecule has 0 aliphatic carbocycles. The quantitative estimate of drug-likeness (QED) is 0.770. The highest BCUT2D eigenvalue weighted by Gasteiger charge is 2.13. The molecule has 0 aliphatic heterocycles. The normalized spacial score (nSPS) is 10.1. The van der Waals surface area contributed by atoms with Gasteiger partial charge >= 0.3 is 0 Å². The van der Waals surface area contributed by atoms with E-state index in [1.807, 2.05) is 0 Å². The first-order valence-corrected chi connectivity index (χ1v) is 6.07. The number of aromatic nitrogens is 2. The number of nitrogen functional groups attached to an aromatic ring is 1. The Morgan fingerprint density at radius 3 is 2.55 bits per heavy atom. The van der Waals surface area contributed by atoms with Crippen LogP contribution in [0.15, 0.2) is 30.6 Å². The fourth-order valence-electron chi connectivity index (χ4n) is 1.55. The summed E-state index contributed by atoms with van der Waals surface area (Å²) in [5.41, 5.74) is 5.43. The summed E-state index contributed by atoms with van der Waals surface area (Å²) in [4.78, 5) is 30.8. The lowest BCUT2D eigenvalue weighted by Crippen LogP contribution is -2.33. The third-order valence-electron chi connectivity index (χ3n) is 2.55. The van der Waals surface area contributed by atoms with Crippen LogP contribution in [0.25, 0.3) is 0 Å². The number of nitrogens with one attached hydrogen (secondary N) is 2. The summed E-state index contributed by atoms with van der Waals surface area (Å²) in [5.74, 6) is -3.48. The number of rotatable bonds is 4. The fraction of sp³-hybridized carbons (Fsp3) is 0.0769. The molecule has 0 spiro atoms. The molecule has 114 valence electrons. The summed E-state index contributed by atoms with van der Waals surface area (Å²) >= 11 is 0. The maximum Gasteiger partial charge on any atom is 0.274 e. The van der Waals surface area contributed by atoms with E-state index in [-0.39, 0.29) is 17.2 Å². The minimum absolute atomic E-state index is 0.0668. The second kappa shape index (κ2) is 6.57. The number of carbonyl (C=O) groups excluding carboxylic acids is 2. The van der Waals surface area contributed by atoms with E-state index in [0.717, 1.165) is 12.1 Å². The van der Waals surface area contributed by atoms with Crippen LogP contribution in [0.5, 0.6) is 0 Å². The van der Waals surface area contributed by atoms with Crippen molar-refractivity contribution in [3.63, 3.8) is 0 Å². The Morgan fingerprint density at radius 2 is 1.86 bits per heavy atom. The minimum Gasteiger partial charge on any atom is -0.382 e. The van der Waals surface area contributed by atoms with Crippen LogP contribution in [0.2, 0.25) is 0 Å². The number of halogens is 2. The first-order valence-electron chi connectivity index (χ1n) is 6.07. The van der Waals surface area contributed by atoms with Crippen molar-refractivity contribution in [3.05, 3.63) is 47.9 Å². The van der Waals surface area contributed by atoms with E-state index in [0.29, 0.717) is 0 Å². The lowest BCUT2D eigenvalue weighted by molar-refractivity contribution is -0.115. The summed E-state index contributed by atoms with van der Waals surface area (Å²) in [5, 5.41) is 4.59. The number of anilines is 2. The molecule has 2 aromatic rings. The van der Waals surface area contributed by atoms with Crippen LogP contribution >= 0.6 is 0 Å². The number of carbonyl (C=O) groups is 2. The van der Waals surface area contributed by atoms with E-state index in [1.54, 1.807) is 0 Å². The maximum absolute atomic E-state index is 13.0. The molecule has 4 N–H and O–H groups in total. The highest BCUT2D eigenvalue weighted by molar-refractivity contribution is 6.00. The van der Waals surface area contributed by atoms with Crippen molar-refractivity contribution in [1.82, 2.24) is 15.3 Å². The minimum atomic E-state index is -1.09. The largest absolute Gasteiger partial charge is 0.382 e. The molecule has 0 atom stereocenters. The summed E-state index contributed by atoms with van der Waals surface area (Å²) in [6.45, 7) is -0.395. The average molecular weight is 307 g/mol. The van der Waals surface area contributed by atoms with Crippen molar-refractivity contribution in [2.24, 2.45) is 0 Å². The molecule has 7 nitrogen and oxygen atoms in total. The highest BCUT2D eigenvalue weighted by Crippen LogP contribution is 2.12. The van der Waals surface area contributed by atoms with Crippen LogP contribution in [0.4, 0.5) is 20.3 Å². The van der Waals surface area contributed by atoms with Gasteiger partial charge in [-0.05, 0) is 12.1 Å². The predicted molar refractivity (Wildman–Crippen MR) is 73.8 cm³/mol. The lowest BCUT2D eigenvalue weighted by Gasteiger charge is -2.07. The van der Waals surface area contributed by atoms with Gasteiger partial charge in [-0.3, -0.25) is 9.59 Å². The van der Waals surface area contributed by atoms with Gasteiger partial charge in [-0.25, -0.2) is 18.7 Å². The second-order valence-corrected chi connectivity index (χ2v) is 4.15. The average Bonchev–Trinajstić information content (AvgIpc) is 2.49. The van der Waals surface area contributed by atoms with Crippen molar-refractivity contribution >= 4 is 23.3 Å².